The van der Waals surface area contributed by atoms with Crippen molar-refractivity contribution in [3.63, 3.8) is 0 Å². The summed E-state index contributed by atoms with van der Waals surface area (Å²) in [5.74, 6) is 2.25. The van der Waals surface area contributed by atoms with Gasteiger partial charge in [-0.1, -0.05) is 6.07 Å². The van der Waals surface area contributed by atoms with Gasteiger partial charge in [-0.15, -0.1) is 10.2 Å². The summed E-state index contributed by atoms with van der Waals surface area (Å²) in [5, 5.41) is 8.36. The minimum atomic E-state index is -0.264. The van der Waals surface area contributed by atoms with E-state index in [1.165, 1.54) is 12.1 Å². The maximum atomic E-state index is 13.1. The Balaban J connectivity index is 1.42. The van der Waals surface area contributed by atoms with Crippen molar-refractivity contribution < 1.29 is 9.13 Å². The normalized spacial score (nSPS) is 18.2. The van der Waals surface area contributed by atoms with Crippen molar-refractivity contribution in [2.24, 2.45) is 7.05 Å². The van der Waals surface area contributed by atoms with Crippen LogP contribution in [0.1, 0.15) is 18.1 Å². The molecule has 0 saturated carbocycles. The molecule has 0 radical (unpaired) electrons. The van der Waals surface area contributed by atoms with Crippen LogP contribution in [0.4, 0.5) is 4.39 Å². The van der Waals surface area contributed by atoms with Gasteiger partial charge in [0.1, 0.15) is 29.8 Å². The van der Waals surface area contributed by atoms with Gasteiger partial charge in [0.15, 0.2) is 0 Å². The van der Waals surface area contributed by atoms with Crippen molar-refractivity contribution in [1.82, 2.24) is 24.6 Å². The van der Waals surface area contributed by atoms with E-state index in [4.69, 9.17) is 4.74 Å². The first-order chi connectivity index (χ1) is 12.0. The van der Waals surface area contributed by atoms with Crippen molar-refractivity contribution in [2.45, 2.75) is 25.9 Å². The van der Waals surface area contributed by atoms with Crippen LogP contribution in [-0.4, -0.2) is 63.9 Å². The van der Waals surface area contributed by atoms with Crippen molar-refractivity contribution in [2.75, 3.05) is 33.3 Å². The van der Waals surface area contributed by atoms with Crippen LogP contribution in [-0.2, 0) is 13.6 Å². The zero-order chi connectivity index (χ0) is 17.8. The Morgan fingerprint density at radius 3 is 2.92 bits per heavy atom. The van der Waals surface area contributed by atoms with E-state index in [0.717, 1.165) is 44.2 Å². The number of hydrogen-bond donors (Lipinski definition) is 0. The molecule has 1 saturated heterocycles. The molecule has 0 bridgehead atoms. The van der Waals surface area contributed by atoms with E-state index >= 15 is 0 Å². The fourth-order valence-corrected chi connectivity index (χ4v) is 3.17. The highest BCUT2D eigenvalue weighted by Crippen LogP contribution is 2.17. The average Bonchev–Trinajstić information content (AvgIpc) is 3.17. The van der Waals surface area contributed by atoms with E-state index < -0.39 is 0 Å². The third-order valence-electron chi connectivity index (χ3n) is 4.92. The number of nitrogens with zero attached hydrogens (tertiary/aromatic N) is 5. The number of aryl methyl sites for hydroxylation is 1. The molecule has 0 N–H and O–H groups in total. The van der Waals surface area contributed by atoms with Crippen molar-refractivity contribution >= 4 is 0 Å². The molecule has 0 aliphatic carbocycles. The molecular weight excluding hydrogens is 321 g/mol. The van der Waals surface area contributed by atoms with Crippen LogP contribution in [0.15, 0.2) is 24.3 Å². The van der Waals surface area contributed by atoms with Crippen LogP contribution in [0.5, 0.6) is 5.75 Å². The average molecular weight is 347 g/mol. The van der Waals surface area contributed by atoms with Crippen molar-refractivity contribution in [3.8, 4) is 5.75 Å². The van der Waals surface area contributed by atoms with Crippen LogP contribution in [0, 0.1) is 12.7 Å². The third-order valence-corrected chi connectivity index (χ3v) is 4.92. The minimum Gasteiger partial charge on any atom is -0.492 e. The van der Waals surface area contributed by atoms with Gasteiger partial charge in [0.05, 0.1) is 6.54 Å². The highest BCUT2D eigenvalue weighted by Gasteiger charge is 2.26. The lowest BCUT2D eigenvalue weighted by atomic mass is 10.2. The molecule has 3 rings (SSSR count). The second-order valence-electron chi connectivity index (χ2n) is 6.69. The molecule has 7 heteroatoms. The molecule has 0 unspecified atom stereocenters. The molecule has 1 aromatic carbocycles. The van der Waals surface area contributed by atoms with E-state index in [1.807, 2.05) is 18.5 Å². The molecular formula is C18H26FN5O. The van der Waals surface area contributed by atoms with Gasteiger partial charge in [-0.05, 0) is 39.1 Å². The van der Waals surface area contributed by atoms with Gasteiger partial charge in [0.25, 0.3) is 0 Å². The summed E-state index contributed by atoms with van der Waals surface area (Å²) in [6.07, 6.45) is 1.13. The Morgan fingerprint density at radius 1 is 1.36 bits per heavy atom. The fraction of sp³-hybridized carbons (Fsp3) is 0.556. The Kier molecular flexibility index (Phi) is 5.65. The molecule has 1 aromatic heterocycles. The van der Waals surface area contributed by atoms with E-state index in [1.54, 1.807) is 12.1 Å². The first-order valence-electron chi connectivity index (χ1n) is 8.69. The molecule has 1 aliphatic heterocycles. The predicted octanol–water partition coefficient (Wildman–Crippen LogP) is 1.85. The highest BCUT2D eigenvalue weighted by molar-refractivity contribution is 5.22. The quantitative estimate of drug-likeness (QED) is 0.765. The second-order valence-corrected chi connectivity index (χ2v) is 6.69. The van der Waals surface area contributed by atoms with Crippen molar-refractivity contribution in [1.29, 1.82) is 0 Å². The smallest absolute Gasteiger partial charge is 0.146 e. The van der Waals surface area contributed by atoms with E-state index in [0.29, 0.717) is 18.4 Å². The molecule has 136 valence electrons. The van der Waals surface area contributed by atoms with E-state index in [9.17, 15) is 4.39 Å². The van der Waals surface area contributed by atoms with Gasteiger partial charge in [0, 0.05) is 32.2 Å². The summed E-state index contributed by atoms with van der Waals surface area (Å²) in [6.45, 7) is 6.26. The molecule has 0 spiro atoms. The lowest BCUT2D eigenvalue weighted by Crippen LogP contribution is -2.35. The highest BCUT2D eigenvalue weighted by atomic mass is 19.1. The minimum absolute atomic E-state index is 0.264. The molecule has 25 heavy (non-hydrogen) atoms. The zero-order valence-electron chi connectivity index (χ0n) is 15.2. The number of likely N-dealkylation sites (N-methyl/N-ethyl adjacent to an activating group) is 1. The van der Waals surface area contributed by atoms with E-state index in [-0.39, 0.29) is 5.82 Å². The van der Waals surface area contributed by atoms with Gasteiger partial charge in [0.2, 0.25) is 0 Å². The second kappa shape index (κ2) is 7.93. The van der Waals surface area contributed by atoms with Crippen LogP contribution in [0.3, 0.4) is 0 Å². The summed E-state index contributed by atoms with van der Waals surface area (Å²) in [7, 11) is 4.14. The Bertz CT molecular complexity index is 705. The van der Waals surface area contributed by atoms with Crippen molar-refractivity contribution in [3.05, 3.63) is 41.7 Å². The Morgan fingerprint density at radius 2 is 2.20 bits per heavy atom. The first-order valence-corrected chi connectivity index (χ1v) is 8.69. The van der Waals surface area contributed by atoms with Gasteiger partial charge in [-0.2, -0.15) is 0 Å². The summed E-state index contributed by atoms with van der Waals surface area (Å²) in [6, 6.07) is 6.80. The molecule has 1 atom stereocenters. The number of hydrogen-bond acceptors (Lipinski definition) is 5. The Hall–Kier alpha value is -1.99. The predicted molar refractivity (Wildman–Crippen MR) is 93.9 cm³/mol. The van der Waals surface area contributed by atoms with Crippen LogP contribution >= 0.6 is 0 Å². The largest absolute Gasteiger partial charge is 0.492 e. The van der Waals surface area contributed by atoms with Gasteiger partial charge in [-0.3, -0.25) is 9.80 Å². The molecule has 6 nitrogen and oxygen atoms in total. The van der Waals surface area contributed by atoms with Crippen LogP contribution in [0.25, 0.3) is 0 Å². The molecule has 2 aromatic rings. The number of aromatic nitrogens is 3. The molecule has 0 amide bonds. The molecule has 2 heterocycles. The van der Waals surface area contributed by atoms with E-state index in [2.05, 4.69) is 27.0 Å². The van der Waals surface area contributed by atoms with Gasteiger partial charge >= 0.3 is 0 Å². The number of halogens is 1. The summed E-state index contributed by atoms with van der Waals surface area (Å²) in [4.78, 5) is 4.74. The maximum absolute atomic E-state index is 13.1. The molecule has 1 aliphatic rings. The number of benzene rings is 1. The number of ether oxygens (including phenoxy) is 1. The zero-order valence-corrected chi connectivity index (χ0v) is 15.2. The standard InChI is InChI=1S/C18H26FN5O/c1-14-20-21-18(23(14)3)13-22(2)16-7-8-24(12-16)9-10-25-17-6-4-5-15(19)11-17/h4-6,11,16H,7-10,12-13H2,1-3H3/t16-/m0/s1. The Labute approximate surface area is 148 Å². The number of rotatable bonds is 7. The van der Waals surface area contributed by atoms with Crippen LogP contribution < -0.4 is 4.74 Å². The summed E-state index contributed by atoms with van der Waals surface area (Å²) < 4.78 is 20.8. The SMILES string of the molecule is Cc1nnc(CN(C)[C@H]2CCN(CCOc3cccc(F)c3)C2)n1C. The lowest BCUT2D eigenvalue weighted by molar-refractivity contribution is 0.200. The van der Waals surface area contributed by atoms with Gasteiger partial charge in [-0.25, -0.2) is 4.39 Å². The summed E-state index contributed by atoms with van der Waals surface area (Å²) >= 11 is 0. The lowest BCUT2D eigenvalue weighted by Gasteiger charge is -2.24. The fourth-order valence-electron chi connectivity index (χ4n) is 3.17. The van der Waals surface area contributed by atoms with Gasteiger partial charge < -0.3 is 9.30 Å². The monoisotopic (exact) mass is 347 g/mol. The number of likely N-dealkylation sites (tertiary alicyclic amines) is 1. The summed E-state index contributed by atoms with van der Waals surface area (Å²) in [5.41, 5.74) is 0. The maximum Gasteiger partial charge on any atom is 0.146 e. The third kappa shape index (κ3) is 4.55. The van der Waals surface area contributed by atoms with Crippen LogP contribution in [0.2, 0.25) is 0 Å². The topological polar surface area (TPSA) is 46.4 Å². The molecule has 1 fully saturated rings. The first kappa shape index (κ1) is 17.8.